The molecule has 10 heteroatoms. The van der Waals surface area contributed by atoms with Gasteiger partial charge < -0.3 is 0 Å². The van der Waals surface area contributed by atoms with E-state index in [1.54, 1.807) is 0 Å². The van der Waals surface area contributed by atoms with E-state index in [1.807, 2.05) is 137 Å². The summed E-state index contributed by atoms with van der Waals surface area (Å²) in [6.45, 7) is 8.17. The summed E-state index contributed by atoms with van der Waals surface area (Å²) in [6.07, 6.45) is 0. The molecule has 0 aromatic heterocycles. The quantitative estimate of drug-likeness (QED) is 0.0293. The van der Waals surface area contributed by atoms with Gasteiger partial charge in [0, 0.05) is 0 Å². The molecule has 0 aliphatic heterocycles. The summed E-state index contributed by atoms with van der Waals surface area (Å²) in [5.74, 6) is -9.99. The second kappa shape index (κ2) is 16.7. The maximum atomic E-state index is 15.8. The summed E-state index contributed by atoms with van der Waals surface area (Å²) in [4.78, 5) is 0. The Hall–Kier alpha value is -2.81. The van der Waals surface area contributed by atoms with E-state index in [1.165, 1.54) is 0 Å². The number of alkyl halides is 2. The zero-order valence-corrected chi connectivity index (χ0v) is 31.3. The first kappa shape index (κ1) is 36.5. The van der Waals surface area contributed by atoms with Crippen molar-refractivity contribution in [3.8, 4) is 0 Å². The van der Waals surface area contributed by atoms with Crippen molar-refractivity contribution in [1.82, 2.24) is 0 Å². The number of benzene rings is 5. The number of hydrogen-bond acceptors (Lipinski definition) is 2. The van der Waals surface area contributed by atoms with Crippen molar-refractivity contribution in [1.29, 1.82) is 0 Å². The Morgan fingerprint density at radius 2 is 0.812 bits per heavy atom. The Balaban J connectivity index is 1.70. The molecule has 0 aliphatic rings. The van der Waals surface area contributed by atoms with Crippen LogP contribution in [0, 0.1) is 36.2 Å². The van der Waals surface area contributed by atoms with Gasteiger partial charge in [0.25, 0.3) is 0 Å². The van der Waals surface area contributed by atoms with Gasteiger partial charge in [0.05, 0.1) is 0 Å². The van der Waals surface area contributed by atoms with Crippen molar-refractivity contribution >= 4 is 53.0 Å². The Kier molecular flexibility index (Phi) is 12.7. The molecule has 0 saturated carbocycles. The van der Waals surface area contributed by atoms with E-state index in [2.05, 4.69) is 0 Å². The predicted octanol–water partition coefficient (Wildman–Crippen LogP) is 11.3. The van der Waals surface area contributed by atoms with Gasteiger partial charge >= 0.3 is 297 Å². The van der Waals surface area contributed by atoms with Crippen LogP contribution in [-0.4, -0.2) is 7.12 Å². The molecule has 0 aliphatic carbocycles. The standard InChI is InChI=1S/C38H36BF5I2O2/c1-25(2)29-19-11-13-21-31(29)45(23-27-15-7-5-8-16-27)47-39(33-34(40)36(42)38(44)37(43)35(33)41)48-46(24-28-17-9-6-10-18-28)32-22-14-12-20-30(32)26(3)4/h5-22,25-26H,23-24H2,1-4H3. The van der Waals surface area contributed by atoms with E-state index in [4.69, 9.17) is 5.97 Å². The molecule has 0 amide bonds. The number of halogens is 7. The number of hydrogen-bond donors (Lipinski definition) is 0. The summed E-state index contributed by atoms with van der Waals surface area (Å²) in [7, 11) is -1.85. The molecule has 0 radical (unpaired) electrons. The van der Waals surface area contributed by atoms with E-state index in [0.717, 1.165) is 29.4 Å². The zero-order chi connectivity index (χ0) is 34.4. The molecule has 0 fully saturated rings. The minimum atomic E-state index is -3.01. The Morgan fingerprint density at radius 3 is 1.19 bits per heavy atom. The van der Waals surface area contributed by atoms with Crippen LogP contribution in [0.25, 0.3) is 0 Å². The van der Waals surface area contributed by atoms with Crippen LogP contribution in [0.15, 0.2) is 109 Å². The van der Waals surface area contributed by atoms with Crippen LogP contribution in [0.4, 0.5) is 22.0 Å². The van der Waals surface area contributed by atoms with Crippen LogP contribution in [0.5, 0.6) is 0 Å². The summed E-state index contributed by atoms with van der Waals surface area (Å²) in [6, 6.07) is 34.5. The van der Waals surface area contributed by atoms with Crippen molar-refractivity contribution in [2.45, 2.75) is 48.4 Å². The molecule has 0 unspecified atom stereocenters. The molecule has 5 aromatic rings. The minimum absolute atomic E-state index is 0.0910. The van der Waals surface area contributed by atoms with Crippen molar-refractivity contribution in [3.05, 3.63) is 168 Å². The predicted molar refractivity (Wildman–Crippen MR) is 201 cm³/mol. The van der Waals surface area contributed by atoms with E-state index in [-0.39, 0.29) is 11.8 Å². The van der Waals surface area contributed by atoms with Gasteiger partial charge in [-0.1, -0.05) is 0 Å². The Labute approximate surface area is 295 Å². The first-order chi connectivity index (χ1) is 23.1. The van der Waals surface area contributed by atoms with Gasteiger partial charge in [0.2, 0.25) is 0 Å². The van der Waals surface area contributed by atoms with Crippen LogP contribution in [0.1, 0.15) is 61.8 Å². The van der Waals surface area contributed by atoms with Gasteiger partial charge in [-0.15, -0.1) is 0 Å². The molecule has 0 bridgehead atoms. The average molecular weight is 884 g/mol. The molecular weight excluding hydrogens is 848 g/mol. The third-order valence-corrected chi connectivity index (χ3v) is 17.5. The van der Waals surface area contributed by atoms with Gasteiger partial charge in [-0.25, -0.2) is 0 Å². The summed E-state index contributed by atoms with van der Waals surface area (Å²) in [5.41, 5.74) is 2.77. The zero-order valence-electron chi connectivity index (χ0n) is 27.0. The Morgan fingerprint density at radius 1 is 0.479 bits per heavy atom. The van der Waals surface area contributed by atoms with Gasteiger partial charge in [-0.2, -0.15) is 0 Å². The van der Waals surface area contributed by atoms with Gasteiger partial charge in [-0.05, 0) is 0 Å². The number of rotatable bonds is 13. The monoisotopic (exact) mass is 884 g/mol. The molecule has 48 heavy (non-hydrogen) atoms. The van der Waals surface area contributed by atoms with Crippen LogP contribution in [0.2, 0.25) is 0 Å². The fourth-order valence-corrected chi connectivity index (χ4v) is 15.9. The van der Waals surface area contributed by atoms with Crippen LogP contribution in [-0.2, 0) is 14.8 Å². The fourth-order valence-electron chi connectivity index (χ4n) is 5.11. The van der Waals surface area contributed by atoms with E-state index < -0.39 is 82.1 Å². The molecule has 252 valence electrons. The van der Waals surface area contributed by atoms with Crippen molar-refractivity contribution in [2.24, 2.45) is 0 Å². The average Bonchev–Trinajstić information content (AvgIpc) is 3.10. The molecule has 5 aromatic carbocycles. The normalized spacial score (nSPS) is 12.1. The maximum absolute atomic E-state index is 15.8. The van der Waals surface area contributed by atoms with Crippen LogP contribution < -0.4 is 5.46 Å². The van der Waals surface area contributed by atoms with E-state index in [9.17, 15) is 13.2 Å². The van der Waals surface area contributed by atoms with Crippen molar-refractivity contribution in [3.63, 3.8) is 0 Å². The molecule has 2 nitrogen and oxygen atoms in total. The summed E-state index contributed by atoms with van der Waals surface area (Å²) in [5, 5.41) is 0. The van der Waals surface area contributed by atoms with Crippen molar-refractivity contribution < 1.29 is 27.9 Å². The second-order valence-electron chi connectivity index (χ2n) is 11.7. The van der Waals surface area contributed by atoms with Gasteiger partial charge in [-0.3, -0.25) is 0 Å². The third-order valence-electron chi connectivity index (χ3n) is 7.60. The van der Waals surface area contributed by atoms with Crippen LogP contribution >= 0.6 is 40.5 Å². The molecule has 0 N–H and O–H groups in total. The topological polar surface area (TPSA) is 18.5 Å². The SMILES string of the molecule is CC(C)c1ccccc1I(Cc1ccccc1)OB(OI(Cc1ccccc1)c1ccccc1C(C)C)c1c(F)c(F)c(F)c(F)c1F. The second-order valence-corrected chi connectivity index (χ2v) is 20.2. The molecule has 0 saturated heterocycles. The Bertz CT molecular complexity index is 1700. The van der Waals surface area contributed by atoms with E-state index >= 15 is 8.78 Å². The first-order valence-electron chi connectivity index (χ1n) is 15.5. The fraction of sp³-hybridized carbons (Fsp3) is 0.211. The third kappa shape index (κ3) is 8.49. The van der Waals surface area contributed by atoms with E-state index in [0.29, 0.717) is 8.86 Å². The van der Waals surface area contributed by atoms with Crippen molar-refractivity contribution in [2.75, 3.05) is 0 Å². The summed E-state index contributed by atoms with van der Waals surface area (Å²) >= 11 is -6.03. The molecule has 0 spiro atoms. The van der Waals surface area contributed by atoms with Crippen LogP contribution in [0.3, 0.4) is 0 Å². The molecule has 0 atom stereocenters. The molecule has 5 rings (SSSR count). The first-order valence-corrected chi connectivity index (χ1v) is 22.5. The van der Waals surface area contributed by atoms with Gasteiger partial charge in [0.1, 0.15) is 0 Å². The summed E-state index contributed by atoms with van der Waals surface area (Å²) < 4.78 is 91.8. The van der Waals surface area contributed by atoms with Gasteiger partial charge in [0.15, 0.2) is 0 Å². The molecular formula is C38H36BF5I2O2. The molecule has 0 heterocycles.